The zero-order valence-corrected chi connectivity index (χ0v) is 9.90. The van der Waals surface area contributed by atoms with E-state index in [-0.39, 0.29) is 0 Å². The SMILES string of the molecule is C[C@H]1CC[C@H](Nc2cnn(C)c2)C[C@@H]1C. The van der Waals surface area contributed by atoms with E-state index in [0.717, 1.165) is 17.5 Å². The van der Waals surface area contributed by atoms with Gasteiger partial charge in [-0.2, -0.15) is 5.10 Å². The minimum atomic E-state index is 0.639. The van der Waals surface area contributed by atoms with Crippen LogP contribution in [-0.2, 0) is 7.05 Å². The molecule has 0 bridgehead atoms. The van der Waals surface area contributed by atoms with E-state index in [1.807, 2.05) is 24.1 Å². The Bertz CT molecular complexity index is 318. The molecule has 0 aromatic carbocycles. The van der Waals surface area contributed by atoms with Crippen LogP contribution in [0.2, 0.25) is 0 Å². The molecule has 3 atom stereocenters. The van der Waals surface area contributed by atoms with E-state index in [1.165, 1.54) is 19.3 Å². The minimum Gasteiger partial charge on any atom is -0.380 e. The van der Waals surface area contributed by atoms with Gasteiger partial charge in [0.05, 0.1) is 11.9 Å². The first-order valence-electron chi connectivity index (χ1n) is 5.90. The van der Waals surface area contributed by atoms with Gasteiger partial charge in [0.2, 0.25) is 0 Å². The van der Waals surface area contributed by atoms with Crippen molar-refractivity contribution in [2.75, 3.05) is 5.32 Å². The number of nitrogens with one attached hydrogen (secondary N) is 1. The molecule has 0 unspecified atom stereocenters. The molecule has 84 valence electrons. The number of aryl methyl sites for hydroxylation is 1. The summed E-state index contributed by atoms with van der Waals surface area (Å²) in [7, 11) is 1.96. The second-order valence-electron chi connectivity index (χ2n) is 5.01. The molecule has 0 spiro atoms. The zero-order valence-electron chi connectivity index (χ0n) is 9.90. The van der Waals surface area contributed by atoms with Gasteiger partial charge in [-0.3, -0.25) is 4.68 Å². The van der Waals surface area contributed by atoms with E-state index in [0.29, 0.717) is 6.04 Å². The largest absolute Gasteiger partial charge is 0.380 e. The molecule has 2 rings (SSSR count). The highest BCUT2D eigenvalue weighted by atomic mass is 15.3. The topological polar surface area (TPSA) is 29.9 Å². The first kappa shape index (κ1) is 10.5. The Morgan fingerprint density at radius 3 is 2.73 bits per heavy atom. The highest BCUT2D eigenvalue weighted by Crippen LogP contribution is 2.30. The van der Waals surface area contributed by atoms with Gasteiger partial charge in [-0.15, -0.1) is 0 Å². The summed E-state index contributed by atoms with van der Waals surface area (Å²) in [5.74, 6) is 1.73. The zero-order chi connectivity index (χ0) is 10.8. The number of hydrogen-bond acceptors (Lipinski definition) is 2. The summed E-state index contributed by atoms with van der Waals surface area (Å²) < 4.78 is 1.84. The second-order valence-corrected chi connectivity index (χ2v) is 5.01. The van der Waals surface area contributed by atoms with Crippen LogP contribution in [0.25, 0.3) is 0 Å². The fourth-order valence-electron chi connectivity index (χ4n) is 2.41. The van der Waals surface area contributed by atoms with Crippen LogP contribution in [-0.4, -0.2) is 15.8 Å². The Labute approximate surface area is 91.9 Å². The van der Waals surface area contributed by atoms with Gasteiger partial charge in [0.25, 0.3) is 0 Å². The van der Waals surface area contributed by atoms with Crippen LogP contribution in [0.1, 0.15) is 33.1 Å². The summed E-state index contributed by atoms with van der Waals surface area (Å²) in [4.78, 5) is 0. The first-order valence-corrected chi connectivity index (χ1v) is 5.90. The maximum absolute atomic E-state index is 4.17. The summed E-state index contributed by atoms with van der Waals surface area (Å²) in [5, 5.41) is 7.74. The van der Waals surface area contributed by atoms with E-state index in [4.69, 9.17) is 0 Å². The lowest BCUT2D eigenvalue weighted by atomic mass is 9.79. The van der Waals surface area contributed by atoms with Gasteiger partial charge in [0, 0.05) is 19.3 Å². The van der Waals surface area contributed by atoms with Gasteiger partial charge in [0.1, 0.15) is 0 Å². The highest BCUT2D eigenvalue weighted by Gasteiger charge is 2.24. The van der Waals surface area contributed by atoms with Crippen molar-refractivity contribution in [1.29, 1.82) is 0 Å². The Balaban J connectivity index is 1.90. The van der Waals surface area contributed by atoms with Gasteiger partial charge in [0.15, 0.2) is 0 Å². The van der Waals surface area contributed by atoms with Crippen LogP contribution in [0.4, 0.5) is 5.69 Å². The van der Waals surface area contributed by atoms with Crippen LogP contribution in [0.15, 0.2) is 12.4 Å². The Kier molecular flexibility index (Phi) is 2.98. The summed E-state index contributed by atoms with van der Waals surface area (Å²) in [6, 6.07) is 0.639. The Morgan fingerprint density at radius 2 is 2.13 bits per heavy atom. The average Bonchev–Trinajstić information content (AvgIpc) is 2.58. The predicted octanol–water partition coefficient (Wildman–Crippen LogP) is 2.66. The molecule has 1 aromatic heterocycles. The third-order valence-corrected chi connectivity index (χ3v) is 3.67. The molecule has 1 saturated carbocycles. The van der Waals surface area contributed by atoms with Gasteiger partial charge >= 0.3 is 0 Å². The van der Waals surface area contributed by atoms with Crippen molar-refractivity contribution >= 4 is 5.69 Å². The molecule has 3 heteroatoms. The summed E-state index contributed by atoms with van der Waals surface area (Å²) in [6.45, 7) is 4.73. The highest BCUT2D eigenvalue weighted by molar-refractivity contribution is 5.39. The van der Waals surface area contributed by atoms with Crippen molar-refractivity contribution in [1.82, 2.24) is 9.78 Å². The maximum Gasteiger partial charge on any atom is 0.0728 e. The molecule has 1 aromatic rings. The van der Waals surface area contributed by atoms with Crippen molar-refractivity contribution in [3.63, 3.8) is 0 Å². The smallest absolute Gasteiger partial charge is 0.0728 e. The lowest BCUT2D eigenvalue weighted by Gasteiger charge is -2.32. The molecule has 1 aliphatic carbocycles. The maximum atomic E-state index is 4.17. The Hall–Kier alpha value is -0.990. The third-order valence-electron chi connectivity index (χ3n) is 3.67. The van der Waals surface area contributed by atoms with E-state index < -0.39 is 0 Å². The summed E-state index contributed by atoms with van der Waals surface area (Å²) in [5.41, 5.74) is 1.16. The van der Waals surface area contributed by atoms with Gasteiger partial charge in [-0.1, -0.05) is 13.8 Å². The molecule has 0 amide bonds. The van der Waals surface area contributed by atoms with E-state index in [1.54, 1.807) is 0 Å². The quantitative estimate of drug-likeness (QED) is 0.808. The normalized spacial score (nSPS) is 31.5. The van der Waals surface area contributed by atoms with Crippen molar-refractivity contribution in [2.24, 2.45) is 18.9 Å². The van der Waals surface area contributed by atoms with Crippen LogP contribution in [0, 0.1) is 11.8 Å². The van der Waals surface area contributed by atoms with Crippen LogP contribution >= 0.6 is 0 Å². The van der Waals surface area contributed by atoms with Gasteiger partial charge in [-0.05, 0) is 31.1 Å². The van der Waals surface area contributed by atoms with E-state index in [9.17, 15) is 0 Å². The number of rotatable bonds is 2. The number of nitrogens with zero attached hydrogens (tertiary/aromatic N) is 2. The van der Waals surface area contributed by atoms with Crippen molar-refractivity contribution < 1.29 is 0 Å². The van der Waals surface area contributed by atoms with Crippen LogP contribution in [0.3, 0.4) is 0 Å². The van der Waals surface area contributed by atoms with Crippen molar-refractivity contribution in [3.8, 4) is 0 Å². The molecule has 1 aliphatic rings. The monoisotopic (exact) mass is 207 g/mol. The lowest BCUT2D eigenvalue weighted by Crippen LogP contribution is -2.30. The second kappa shape index (κ2) is 4.25. The first-order chi connectivity index (χ1) is 7.15. The number of anilines is 1. The van der Waals surface area contributed by atoms with Crippen LogP contribution in [0.5, 0.6) is 0 Å². The fraction of sp³-hybridized carbons (Fsp3) is 0.750. The Morgan fingerprint density at radius 1 is 1.33 bits per heavy atom. The molecule has 15 heavy (non-hydrogen) atoms. The molecule has 1 N–H and O–H groups in total. The van der Waals surface area contributed by atoms with Crippen molar-refractivity contribution in [3.05, 3.63) is 12.4 Å². The van der Waals surface area contributed by atoms with Gasteiger partial charge in [-0.25, -0.2) is 0 Å². The summed E-state index contributed by atoms with van der Waals surface area (Å²) >= 11 is 0. The number of hydrogen-bond donors (Lipinski definition) is 1. The molecular weight excluding hydrogens is 186 g/mol. The molecule has 1 fully saturated rings. The fourth-order valence-corrected chi connectivity index (χ4v) is 2.41. The van der Waals surface area contributed by atoms with E-state index >= 15 is 0 Å². The van der Waals surface area contributed by atoms with Gasteiger partial charge < -0.3 is 5.32 Å². The molecule has 1 heterocycles. The predicted molar refractivity (Wildman–Crippen MR) is 62.8 cm³/mol. The number of aromatic nitrogens is 2. The minimum absolute atomic E-state index is 0.639. The molecular formula is C12H21N3. The molecule has 0 aliphatic heterocycles. The van der Waals surface area contributed by atoms with E-state index in [2.05, 4.69) is 24.3 Å². The standard InChI is InChI=1S/C12H21N3/c1-9-4-5-11(6-10(9)2)14-12-7-13-15(3)8-12/h7-11,14H,4-6H2,1-3H3/t9-,10-,11-/m0/s1. The lowest BCUT2D eigenvalue weighted by molar-refractivity contribution is 0.261. The average molecular weight is 207 g/mol. The van der Waals surface area contributed by atoms with Crippen molar-refractivity contribution in [2.45, 2.75) is 39.2 Å². The molecule has 0 saturated heterocycles. The third kappa shape index (κ3) is 2.52. The molecule has 0 radical (unpaired) electrons. The van der Waals surface area contributed by atoms with Crippen LogP contribution < -0.4 is 5.32 Å². The molecule has 3 nitrogen and oxygen atoms in total. The summed E-state index contributed by atoms with van der Waals surface area (Å²) in [6.07, 6.45) is 7.88.